The second-order valence-corrected chi connectivity index (χ2v) is 7.08. The minimum atomic E-state index is -0.276. The monoisotopic (exact) mass is 431 g/mol. The minimum Gasteiger partial charge on any atom is -0.503 e. The number of halogens is 1. The maximum Gasteiger partial charge on any atom is 0.271 e. The van der Waals surface area contributed by atoms with Crippen LogP contribution in [0.3, 0.4) is 0 Å². The number of nitrogens with zero attached hydrogens (tertiary/aromatic N) is 2. The molecule has 1 aliphatic heterocycles. The molecule has 0 bridgehead atoms. The van der Waals surface area contributed by atoms with Gasteiger partial charge < -0.3 is 14.7 Å². The van der Waals surface area contributed by atoms with E-state index in [1.165, 1.54) is 19.1 Å². The number of amides is 1. The van der Waals surface area contributed by atoms with Crippen LogP contribution in [0, 0.1) is 0 Å². The highest BCUT2D eigenvalue weighted by Crippen LogP contribution is 2.35. The SMILES string of the molecule is CCOc1cc(/C=N\NC(=O)c2ccc(N3CCCC3)cc2)cc(Br)c1O. The lowest BCUT2D eigenvalue weighted by Gasteiger charge is -2.17. The van der Waals surface area contributed by atoms with Gasteiger partial charge in [0.2, 0.25) is 0 Å². The lowest BCUT2D eigenvalue weighted by atomic mass is 10.2. The van der Waals surface area contributed by atoms with Gasteiger partial charge in [-0.25, -0.2) is 5.43 Å². The first-order chi connectivity index (χ1) is 13.1. The van der Waals surface area contributed by atoms with E-state index in [0.717, 1.165) is 18.8 Å². The molecule has 1 fully saturated rings. The first kappa shape index (κ1) is 19.2. The van der Waals surface area contributed by atoms with Crippen molar-refractivity contribution in [1.29, 1.82) is 0 Å². The highest BCUT2D eigenvalue weighted by Gasteiger charge is 2.13. The summed E-state index contributed by atoms with van der Waals surface area (Å²) in [5, 5.41) is 13.9. The molecule has 1 aliphatic rings. The van der Waals surface area contributed by atoms with E-state index in [-0.39, 0.29) is 11.7 Å². The van der Waals surface area contributed by atoms with E-state index in [0.29, 0.717) is 28.0 Å². The van der Waals surface area contributed by atoms with E-state index in [9.17, 15) is 9.90 Å². The molecule has 7 heteroatoms. The summed E-state index contributed by atoms with van der Waals surface area (Å²) in [6.07, 6.45) is 3.94. The minimum absolute atomic E-state index is 0.0381. The highest BCUT2D eigenvalue weighted by molar-refractivity contribution is 9.10. The van der Waals surface area contributed by atoms with Crippen LogP contribution in [-0.4, -0.2) is 36.9 Å². The number of anilines is 1. The molecule has 0 spiro atoms. The van der Waals surface area contributed by atoms with Crippen molar-refractivity contribution in [3.05, 3.63) is 52.0 Å². The first-order valence-electron chi connectivity index (χ1n) is 8.92. The molecule has 1 heterocycles. The van der Waals surface area contributed by atoms with Crippen LogP contribution in [0.15, 0.2) is 46.0 Å². The van der Waals surface area contributed by atoms with Crippen molar-refractivity contribution in [1.82, 2.24) is 5.43 Å². The molecule has 0 aromatic heterocycles. The van der Waals surface area contributed by atoms with Crippen molar-refractivity contribution in [3.63, 3.8) is 0 Å². The molecule has 27 heavy (non-hydrogen) atoms. The van der Waals surface area contributed by atoms with Crippen LogP contribution in [0.1, 0.15) is 35.7 Å². The van der Waals surface area contributed by atoms with Gasteiger partial charge in [-0.05, 0) is 77.7 Å². The predicted octanol–water partition coefficient (Wildman–Crippen LogP) is 3.92. The summed E-state index contributed by atoms with van der Waals surface area (Å²) >= 11 is 3.28. The van der Waals surface area contributed by atoms with E-state index in [1.54, 1.807) is 12.1 Å². The van der Waals surface area contributed by atoms with E-state index < -0.39 is 0 Å². The van der Waals surface area contributed by atoms with E-state index in [2.05, 4.69) is 31.4 Å². The predicted molar refractivity (Wildman–Crippen MR) is 110 cm³/mol. The quantitative estimate of drug-likeness (QED) is 0.536. The molecule has 0 radical (unpaired) electrons. The number of carbonyl (C=O) groups excluding carboxylic acids is 1. The number of ether oxygens (including phenoxy) is 1. The van der Waals surface area contributed by atoms with E-state index in [4.69, 9.17) is 4.74 Å². The summed E-state index contributed by atoms with van der Waals surface area (Å²) < 4.78 is 5.87. The largest absolute Gasteiger partial charge is 0.503 e. The second-order valence-electron chi connectivity index (χ2n) is 6.22. The third kappa shape index (κ3) is 4.80. The third-order valence-corrected chi connectivity index (χ3v) is 4.94. The zero-order chi connectivity index (χ0) is 19.2. The number of aromatic hydroxyl groups is 1. The fourth-order valence-corrected chi connectivity index (χ4v) is 3.42. The van der Waals surface area contributed by atoms with Crippen LogP contribution in [0.25, 0.3) is 0 Å². The van der Waals surface area contributed by atoms with Crippen molar-refractivity contribution in [2.45, 2.75) is 19.8 Å². The molecular formula is C20H22BrN3O3. The van der Waals surface area contributed by atoms with E-state index >= 15 is 0 Å². The Morgan fingerprint density at radius 1 is 1.30 bits per heavy atom. The topological polar surface area (TPSA) is 74.2 Å². The molecular weight excluding hydrogens is 410 g/mol. The normalized spacial score (nSPS) is 13.9. The highest BCUT2D eigenvalue weighted by atomic mass is 79.9. The van der Waals surface area contributed by atoms with Crippen molar-refractivity contribution >= 4 is 33.7 Å². The first-order valence-corrected chi connectivity index (χ1v) is 9.71. The number of rotatable bonds is 6. The third-order valence-electron chi connectivity index (χ3n) is 4.33. The summed E-state index contributed by atoms with van der Waals surface area (Å²) in [6, 6.07) is 10.9. The van der Waals surface area contributed by atoms with Gasteiger partial charge in [-0.3, -0.25) is 4.79 Å². The Labute approximate surface area is 167 Å². The molecule has 1 saturated heterocycles. The Balaban J connectivity index is 1.63. The number of hydrogen-bond donors (Lipinski definition) is 2. The Morgan fingerprint density at radius 3 is 2.67 bits per heavy atom. The summed E-state index contributed by atoms with van der Waals surface area (Å²) in [6.45, 7) is 4.41. The van der Waals surface area contributed by atoms with Gasteiger partial charge in [-0.15, -0.1) is 0 Å². The Bertz CT molecular complexity index is 831. The maximum absolute atomic E-state index is 12.2. The molecule has 0 unspecified atom stereocenters. The van der Waals surface area contributed by atoms with Gasteiger partial charge in [0.1, 0.15) is 0 Å². The average molecular weight is 432 g/mol. The summed E-state index contributed by atoms with van der Waals surface area (Å²) in [7, 11) is 0. The van der Waals surface area contributed by atoms with Crippen LogP contribution in [0.4, 0.5) is 5.69 Å². The molecule has 0 saturated carbocycles. The maximum atomic E-state index is 12.2. The van der Waals surface area contributed by atoms with Gasteiger partial charge in [-0.2, -0.15) is 5.10 Å². The van der Waals surface area contributed by atoms with Crippen molar-refractivity contribution in [2.75, 3.05) is 24.6 Å². The zero-order valence-corrected chi connectivity index (χ0v) is 16.7. The van der Waals surface area contributed by atoms with Crippen LogP contribution in [-0.2, 0) is 0 Å². The van der Waals surface area contributed by atoms with Gasteiger partial charge in [0.25, 0.3) is 5.91 Å². The number of benzene rings is 2. The van der Waals surface area contributed by atoms with Crippen LogP contribution >= 0.6 is 15.9 Å². The fourth-order valence-electron chi connectivity index (χ4n) is 2.96. The molecule has 0 atom stereocenters. The van der Waals surface area contributed by atoms with Crippen molar-refractivity contribution in [2.24, 2.45) is 5.10 Å². The van der Waals surface area contributed by atoms with Crippen LogP contribution < -0.4 is 15.1 Å². The molecule has 2 N–H and O–H groups in total. The number of phenolic OH excluding ortho intramolecular Hbond substituents is 1. The fraction of sp³-hybridized carbons (Fsp3) is 0.300. The zero-order valence-electron chi connectivity index (χ0n) is 15.1. The number of phenols is 1. The molecule has 142 valence electrons. The van der Waals surface area contributed by atoms with E-state index in [1.807, 2.05) is 31.2 Å². The van der Waals surface area contributed by atoms with Crippen LogP contribution in [0.5, 0.6) is 11.5 Å². The number of nitrogens with one attached hydrogen (secondary N) is 1. The van der Waals surface area contributed by atoms with Crippen molar-refractivity contribution < 1.29 is 14.6 Å². The summed E-state index contributed by atoms with van der Waals surface area (Å²) in [5.41, 5.74) is 4.90. The van der Waals surface area contributed by atoms with Gasteiger partial charge >= 0.3 is 0 Å². The van der Waals surface area contributed by atoms with Crippen LogP contribution in [0.2, 0.25) is 0 Å². The summed E-state index contributed by atoms with van der Waals surface area (Å²) in [5.74, 6) is 0.121. The molecule has 1 amide bonds. The van der Waals surface area contributed by atoms with Gasteiger partial charge in [0.05, 0.1) is 17.3 Å². The lowest BCUT2D eigenvalue weighted by molar-refractivity contribution is 0.0955. The summed E-state index contributed by atoms with van der Waals surface area (Å²) in [4.78, 5) is 14.6. The van der Waals surface area contributed by atoms with Gasteiger partial charge in [0, 0.05) is 24.3 Å². The smallest absolute Gasteiger partial charge is 0.271 e. The molecule has 2 aromatic carbocycles. The van der Waals surface area contributed by atoms with Gasteiger partial charge in [-0.1, -0.05) is 0 Å². The molecule has 0 aliphatic carbocycles. The lowest BCUT2D eigenvalue weighted by Crippen LogP contribution is -2.19. The Hall–Kier alpha value is -2.54. The number of hydrazone groups is 1. The van der Waals surface area contributed by atoms with Crippen molar-refractivity contribution in [3.8, 4) is 11.5 Å². The standard InChI is InChI=1S/C20H22BrN3O3/c1-2-27-18-12-14(11-17(21)19(18)25)13-22-23-20(26)15-5-7-16(8-6-15)24-9-3-4-10-24/h5-8,11-13,25H,2-4,9-10H2,1H3,(H,23,26)/b22-13-. The molecule has 3 rings (SSSR count). The average Bonchev–Trinajstić information content (AvgIpc) is 3.20. The molecule has 6 nitrogen and oxygen atoms in total. The number of carbonyl (C=O) groups is 1. The number of hydrogen-bond acceptors (Lipinski definition) is 5. The van der Waals surface area contributed by atoms with Gasteiger partial charge in [0.15, 0.2) is 11.5 Å². The second kappa shape index (κ2) is 8.90. The Morgan fingerprint density at radius 2 is 2.00 bits per heavy atom. The Kier molecular flexibility index (Phi) is 6.34. The molecule has 2 aromatic rings.